The van der Waals surface area contributed by atoms with Crippen molar-refractivity contribution in [2.45, 2.75) is 63.2 Å². The van der Waals surface area contributed by atoms with Gasteiger partial charge in [0.05, 0.1) is 18.2 Å². The molecule has 1 aromatic heterocycles. The third-order valence-electron chi connectivity index (χ3n) is 7.95. The van der Waals surface area contributed by atoms with Crippen LogP contribution in [0.1, 0.15) is 60.6 Å². The number of nitrogens with zero attached hydrogens (tertiary/aromatic N) is 2. The molecule has 2 unspecified atom stereocenters. The van der Waals surface area contributed by atoms with Crippen LogP contribution in [0.5, 0.6) is 0 Å². The zero-order valence-corrected chi connectivity index (χ0v) is 22.5. The minimum atomic E-state index is -4.55. The van der Waals surface area contributed by atoms with Crippen molar-refractivity contribution >= 4 is 23.4 Å². The highest BCUT2D eigenvalue weighted by atomic mass is 19.4. The molecule has 1 aliphatic heterocycles. The van der Waals surface area contributed by atoms with E-state index >= 15 is 0 Å². The molecule has 0 spiro atoms. The second kappa shape index (κ2) is 12.2. The Morgan fingerprint density at radius 3 is 2.41 bits per heavy atom. The Hall–Kier alpha value is -3.48. The van der Waals surface area contributed by atoms with Crippen LogP contribution in [0.4, 0.5) is 23.2 Å². The molecule has 5 rings (SSSR count). The number of amides is 3. The largest absolute Gasteiger partial charge is 0.405 e. The molecule has 3 amide bonds. The molecule has 3 aliphatic rings. The molecule has 2 aromatic rings. The van der Waals surface area contributed by atoms with Crippen molar-refractivity contribution in [3.63, 3.8) is 0 Å². The lowest BCUT2D eigenvalue weighted by Gasteiger charge is -2.29. The van der Waals surface area contributed by atoms with Gasteiger partial charge < -0.3 is 21.3 Å². The highest BCUT2D eigenvalue weighted by Crippen LogP contribution is 2.51. The van der Waals surface area contributed by atoms with Crippen molar-refractivity contribution in [2.24, 2.45) is 17.8 Å². The molecule has 2 aliphatic carbocycles. The van der Waals surface area contributed by atoms with E-state index in [0.717, 1.165) is 51.1 Å². The molecule has 222 valence electrons. The third kappa shape index (κ3) is 7.63. The topological polar surface area (TPSA) is 117 Å². The molecule has 13 heteroatoms. The molecule has 41 heavy (non-hydrogen) atoms. The van der Waals surface area contributed by atoms with E-state index in [1.54, 1.807) is 22.3 Å². The molecule has 2 atom stereocenters. The Balaban J connectivity index is 1.29. The van der Waals surface area contributed by atoms with E-state index in [1.807, 2.05) is 0 Å². The first-order valence-electron chi connectivity index (χ1n) is 14.1. The van der Waals surface area contributed by atoms with Gasteiger partial charge in [-0.3, -0.25) is 19.1 Å². The lowest BCUT2D eigenvalue weighted by molar-refractivity contribution is -0.138. The van der Waals surface area contributed by atoms with Crippen molar-refractivity contribution in [3.8, 4) is 0 Å². The van der Waals surface area contributed by atoms with E-state index in [9.17, 15) is 31.9 Å². The van der Waals surface area contributed by atoms with Crippen molar-refractivity contribution in [1.29, 1.82) is 0 Å². The normalized spacial score (nSPS) is 20.0. The van der Waals surface area contributed by atoms with E-state index in [1.165, 1.54) is 12.1 Å². The number of alkyl halides is 3. The van der Waals surface area contributed by atoms with Crippen LogP contribution in [0.15, 0.2) is 30.5 Å². The van der Waals surface area contributed by atoms with Crippen LogP contribution in [0.3, 0.4) is 0 Å². The fourth-order valence-electron chi connectivity index (χ4n) is 5.70. The van der Waals surface area contributed by atoms with Gasteiger partial charge in [0, 0.05) is 12.7 Å². The Bertz CT molecular complexity index is 1260. The Morgan fingerprint density at radius 1 is 1.07 bits per heavy atom. The molecule has 0 radical (unpaired) electrons. The van der Waals surface area contributed by atoms with Crippen LogP contribution in [-0.4, -0.2) is 59.4 Å². The van der Waals surface area contributed by atoms with Crippen LogP contribution in [0, 0.1) is 23.6 Å². The van der Waals surface area contributed by atoms with Crippen LogP contribution < -0.4 is 21.3 Å². The number of anilines is 1. The van der Waals surface area contributed by atoms with Crippen molar-refractivity contribution in [3.05, 3.63) is 47.5 Å². The number of hydrogen-bond acceptors (Lipinski definition) is 5. The predicted molar refractivity (Wildman–Crippen MR) is 141 cm³/mol. The first kappa shape index (κ1) is 29.0. The van der Waals surface area contributed by atoms with Gasteiger partial charge in [-0.1, -0.05) is 6.07 Å². The van der Waals surface area contributed by atoms with Crippen LogP contribution in [0.25, 0.3) is 0 Å². The number of carbonyl (C=O) groups is 3. The van der Waals surface area contributed by atoms with Crippen LogP contribution in [0.2, 0.25) is 0 Å². The van der Waals surface area contributed by atoms with E-state index in [0.29, 0.717) is 24.1 Å². The van der Waals surface area contributed by atoms with Crippen molar-refractivity contribution < 1.29 is 31.9 Å². The Morgan fingerprint density at radius 2 is 1.80 bits per heavy atom. The Kier molecular flexibility index (Phi) is 8.62. The summed E-state index contributed by atoms with van der Waals surface area (Å²) in [6.45, 7) is 0.129. The quantitative estimate of drug-likeness (QED) is 0.305. The number of benzene rings is 1. The molecule has 9 nitrogen and oxygen atoms in total. The van der Waals surface area contributed by atoms with Crippen LogP contribution in [-0.2, 0) is 16.0 Å². The van der Waals surface area contributed by atoms with Gasteiger partial charge in [0.2, 0.25) is 11.8 Å². The lowest BCUT2D eigenvalue weighted by atomic mass is 9.88. The highest BCUT2D eigenvalue weighted by molar-refractivity contribution is 6.01. The second-order valence-electron chi connectivity index (χ2n) is 11.2. The maximum Gasteiger partial charge on any atom is 0.405 e. The summed E-state index contributed by atoms with van der Waals surface area (Å²) >= 11 is 0. The summed E-state index contributed by atoms with van der Waals surface area (Å²) in [5.41, 5.74) is 0.378. The van der Waals surface area contributed by atoms with Crippen molar-refractivity contribution in [1.82, 2.24) is 25.7 Å². The summed E-state index contributed by atoms with van der Waals surface area (Å²) in [5.74, 6) is -2.17. The molecular weight excluding hydrogens is 544 g/mol. The first-order chi connectivity index (χ1) is 19.6. The minimum absolute atomic E-state index is 0.0255. The zero-order chi connectivity index (χ0) is 29.1. The molecule has 2 heterocycles. The van der Waals surface area contributed by atoms with Gasteiger partial charge >= 0.3 is 6.18 Å². The smallest absolute Gasteiger partial charge is 0.347 e. The minimum Gasteiger partial charge on any atom is -0.347 e. The molecular formula is C28H34F4N6O3. The fourth-order valence-corrected chi connectivity index (χ4v) is 5.70. The monoisotopic (exact) mass is 578 g/mol. The van der Waals surface area contributed by atoms with E-state index in [4.69, 9.17) is 0 Å². The number of halogens is 4. The molecule has 1 saturated heterocycles. The summed E-state index contributed by atoms with van der Waals surface area (Å²) in [7, 11) is 0. The number of hydrogen-bond donors (Lipinski definition) is 4. The molecule has 1 aromatic carbocycles. The van der Waals surface area contributed by atoms with E-state index < -0.39 is 48.7 Å². The lowest BCUT2D eigenvalue weighted by Crippen LogP contribution is -2.50. The van der Waals surface area contributed by atoms with Gasteiger partial charge in [-0.15, -0.1) is 0 Å². The highest BCUT2D eigenvalue weighted by Gasteiger charge is 2.48. The average Bonchev–Trinajstić information content (AvgIpc) is 3.88. The fraction of sp³-hybridized carbons (Fsp3) is 0.571. The summed E-state index contributed by atoms with van der Waals surface area (Å²) in [4.78, 5) is 38.9. The number of piperidine rings is 1. The Labute approximate surface area is 234 Å². The van der Waals surface area contributed by atoms with Gasteiger partial charge in [0.1, 0.15) is 24.1 Å². The number of aromatic nitrogens is 2. The van der Waals surface area contributed by atoms with Gasteiger partial charge in [-0.2, -0.15) is 18.3 Å². The van der Waals surface area contributed by atoms with Crippen LogP contribution >= 0.6 is 0 Å². The number of nitrogens with one attached hydrogen (secondary N) is 4. The summed E-state index contributed by atoms with van der Waals surface area (Å²) in [6, 6.07) is 4.42. The van der Waals surface area contributed by atoms with Gasteiger partial charge in [0.15, 0.2) is 0 Å². The standard InChI is InChI=1S/C28H34F4N6O3/c29-20-12-16(13-23(39)34-15-28(30,31)32)3-8-21(20)36-27(41)25(24(17-4-5-17)18-6-7-18)37-26(40)22-9-11-35-38(22)19-2-1-10-33-14-19/h3,8-9,11-12,17-19,24-25,33H,1-2,4-7,10,13-15H2,(H,34,39)(H,36,41)(H,37,40). The van der Waals surface area contributed by atoms with E-state index in [2.05, 4.69) is 21.0 Å². The molecule has 3 fully saturated rings. The SMILES string of the molecule is O=C(Cc1ccc(NC(=O)C(NC(=O)c2ccnn2C2CCCNC2)C(C2CC2)C2CC2)c(F)c1)NCC(F)(F)F. The maximum atomic E-state index is 15.0. The summed E-state index contributed by atoms with van der Waals surface area (Å²) < 4.78 is 53.7. The van der Waals surface area contributed by atoms with E-state index in [-0.39, 0.29) is 23.2 Å². The molecule has 2 saturated carbocycles. The average molecular weight is 579 g/mol. The number of carbonyl (C=O) groups excluding carboxylic acids is 3. The van der Waals surface area contributed by atoms with Gasteiger partial charge in [-0.05, 0) is 86.6 Å². The van der Waals surface area contributed by atoms with Gasteiger partial charge in [-0.25, -0.2) is 4.39 Å². The first-order valence-corrected chi connectivity index (χ1v) is 14.1. The molecule has 4 N–H and O–H groups in total. The van der Waals surface area contributed by atoms with Crippen molar-refractivity contribution in [2.75, 3.05) is 25.0 Å². The maximum absolute atomic E-state index is 15.0. The predicted octanol–water partition coefficient (Wildman–Crippen LogP) is 3.34. The second-order valence-corrected chi connectivity index (χ2v) is 11.2. The molecule has 0 bridgehead atoms. The summed E-state index contributed by atoms with van der Waals surface area (Å²) in [6.07, 6.45) is 2.27. The number of rotatable bonds is 11. The summed E-state index contributed by atoms with van der Waals surface area (Å²) in [5, 5.41) is 15.0. The third-order valence-corrected chi connectivity index (χ3v) is 7.95. The zero-order valence-electron chi connectivity index (χ0n) is 22.5. The van der Waals surface area contributed by atoms with Gasteiger partial charge in [0.25, 0.3) is 5.91 Å².